The maximum atomic E-state index is 11.2. The number of hydrogen-bond donors (Lipinski definition) is 4. The van der Waals surface area contributed by atoms with E-state index < -0.39 is 5.91 Å². The zero-order valence-corrected chi connectivity index (χ0v) is 20.4. The number of nitrogens with one attached hydrogen (secondary N) is 3. The second-order valence-electron chi connectivity index (χ2n) is 8.67. The number of amides is 1. The number of ether oxygens (including phenoxy) is 1. The summed E-state index contributed by atoms with van der Waals surface area (Å²) in [6, 6.07) is 18.8. The van der Waals surface area contributed by atoms with Gasteiger partial charge in [0.25, 0.3) is 11.6 Å². The first-order chi connectivity index (χ1) is 17.9. The molecule has 0 aliphatic heterocycles. The van der Waals surface area contributed by atoms with Gasteiger partial charge in [-0.2, -0.15) is 0 Å². The van der Waals surface area contributed by atoms with Crippen molar-refractivity contribution in [2.75, 3.05) is 6.54 Å². The Kier molecular flexibility index (Phi) is 8.29. The van der Waals surface area contributed by atoms with Crippen LogP contribution in [0.4, 0.5) is 5.69 Å². The van der Waals surface area contributed by atoms with Gasteiger partial charge in [-0.3, -0.25) is 20.1 Å². The van der Waals surface area contributed by atoms with E-state index in [2.05, 4.69) is 10.3 Å². The zero-order chi connectivity index (χ0) is 26.2. The minimum Gasteiger partial charge on any atom is -0.489 e. The number of rotatable bonds is 11. The van der Waals surface area contributed by atoms with E-state index in [1.807, 2.05) is 54.7 Å². The fourth-order valence-electron chi connectivity index (χ4n) is 3.97. The summed E-state index contributed by atoms with van der Waals surface area (Å²) in [5.41, 5.74) is 7.20. The van der Waals surface area contributed by atoms with Gasteiger partial charge in [0.1, 0.15) is 12.4 Å². The average molecular weight is 501 g/mol. The Morgan fingerprint density at radius 3 is 2.65 bits per heavy atom. The molecule has 0 radical (unpaired) electrons. The molecule has 0 fully saturated rings. The van der Waals surface area contributed by atoms with Gasteiger partial charge in [0.05, 0.1) is 4.92 Å². The summed E-state index contributed by atoms with van der Waals surface area (Å²) in [5, 5.41) is 24.3. The third-order valence-corrected chi connectivity index (χ3v) is 6.03. The van der Waals surface area contributed by atoms with Crippen LogP contribution in [0.15, 0.2) is 72.9 Å². The van der Waals surface area contributed by atoms with Crippen LogP contribution in [0, 0.1) is 17.0 Å². The molecular formula is C28H28N4O5. The molecule has 0 atom stereocenters. The van der Waals surface area contributed by atoms with Crippen molar-refractivity contribution in [1.82, 2.24) is 15.8 Å². The number of aromatic nitrogens is 1. The highest BCUT2D eigenvalue weighted by molar-refractivity contribution is 5.90. The molecule has 1 amide bonds. The molecule has 190 valence electrons. The van der Waals surface area contributed by atoms with Gasteiger partial charge in [0.2, 0.25) is 0 Å². The van der Waals surface area contributed by atoms with E-state index in [-0.39, 0.29) is 17.2 Å². The Labute approximate surface area is 213 Å². The summed E-state index contributed by atoms with van der Waals surface area (Å²) >= 11 is 0. The van der Waals surface area contributed by atoms with Crippen molar-refractivity contribution in [3.63, 3.8) is 0 Å². The first-order valence-electron chi connectivity index (χ1n) is 11.8. The summed E-state index contributed by atoms with van der Waals surface area (Å²) < 4.78 is 5.94. The summed E-state index contributed by atoms with van der Waals surface area (Å²) in [5.74, 6) is 0.134. The number of hydroxylamine groups is 1. The number of aromatic amines is 1. The summed E-state index contributed by atoms with van der Waals surface area (Å²) in [6.07, 6.45) is 5.72. The highest BCUT2D eigenvalue weighted by Crippen LogP contribution is 2.26. The van der Waals surface area contributed by atoms with E-state index in [0.29, 0.717) is 17.9 Å². The fraction of sp³-hybridized carbons (Fsp3) is 0.179. The Hall–Kier alpha value is -4.47. The first-order valence-corrected chi connectivity index (χ1v) is 11.8. The van der Waals surface area contributed by atoms with Crippen LogP contribution < -0.4 is 15.5 Å². The van der Waals surface area contributed by atoms with Gasteiger partial charge in [-0.1, -0.05) is 36.4 Å². The molecular weight excluding hydrogens is 472 g/mol. The van der Waals surface area contributed by atoms with Gasteiger partial charge in [0, 0.05) is 41.4 Å². The Morgan fingerprint density at radius 2 is 1.89 bits per heavy atom. The van der Waals surface area contributed by atoms with Gasteiger partial charge in [-0.05, 0) is 66.4 Å². The third-order valence-electron chi connectivity index (χ3n) is 6.03. The van der Waals surface area contributed by atoms with E-state index in [4.69, 9.17) is 9.94 Å². The number of nitro benzene ring substituents is 1. The molecule has 37 heavy (non-hydrogen) atoms. The topological polar surface area (TPSA) is 130 Å². The predicted molar refractivity (Wildman–Crippen MR) is 141 cm³/mol. The van der Waals surface area contributed by atoms with Gasteiger partial charge in [0.15, 0.2) is 0 Å². The lowest BCUT2D eigenvalue weighted by atomic mass is 10.1. The predicted octanol–water partition coefficient (Wildman–Crippen LogP) is 4.81. The van der Waals surface area contributed by atoms with Crippen LogP contribution >= 0.6 is 0 Å². The molecule has 0 aliphatic carbocycles. The number of nitrogens with zero attached hydrogens (tertiary/aromatic N) is 1. The maximum Gasteiger partial charge on any atom is 0.272 e. The number of H-pyrrole nitrogens is 1. The summed E-state index contributed by atoms with van der Waals surface area (Å²) in [4.78, 5) is 25.2. The highest BCUT2D eigenvalue weighted by atomic mass is 16.6. The molecule has 4 rings (SSSR count). The number of hydrogen-bond acceptors (Lipinski definition) is 6. The lowest BCUT2D eigenvalue weighted by molar-refractivity contribution is -0.385. The van der Waals surface area contributed by atoms with Crippen molar-refractivity contribution in [2.45, 2.75) is 26.5 Å². The van der Waals surface area contributed by atoms with Crippen molar-refractivity contribution < 1.29 is 19.7 Å². The number of fused-ring (bicyclic) bond motifs is 1. The smallest absolute Gasteiger partial charge is 0.272 e. The Bertz CT molecular complexity index is 1430. The lowest BCUT2D eigenvalue weighted by Crippen LogP contribution is -2.16. The van der Waals surface area contributed by atoms with E-state index in [9.17, 15) is 14.9 Å². The molecule has 0 bridgehead atoms. The fourth-order valence-corrected chi connectivity index (χ4v) is 3.97. The molecule has 1 aromatic heterocycles. The molecule has 0 aliphatic rings. The maximum absolute atomic E-state index is 11.2. The van der Waals surface area contributed by atoms with Crippen LogP contribution in [0.25, 0.3) is 17.0 Å². The zero-order valence-electron chi connectivity index (χ0n) is 20.4. The van der Waals surface area contributed by atoms with Crippen molar-refractivity contribution in [3.8, 4) is 5.75 Å². The molecule has 4 aromatic rings. The van der Waals surface area contributed by atoms with Crippen molar-refractivity contribution in [2.24, 2.45) is 0 Å². The van der Waals surface area contributed by atoms with Crippen molar-refractivity contribution in [3.05, 3.63) is 111 Å². The largest absolute Gasteiger partial charge is 0.489 e. The standard InChI is InChI=1S/C28H28N4O5/c1-19-2-3-22(14-27(19)32(35)36)18-37-24-9-10-26-25(15-24)23(17-30-26)12-13-29-16-21-6-4-20(5-7-21)8-11-28(33)31-34/h2-11,14-15,17,29-30,34H,12-13,16,18H2,1H3,(H,31,33)/b11-8+. The van der Waals surface area contributed by atoms with Crippen LogP contribution in [0.3, 0.4) is 0 Å². The summed E-state index contributed by atoms with van der Waals surface area (Å²) in [6.45, 7) is 3.46. The van der Waals surface area contributed by atoms with Crippen LogP contribution in [0.1, 0.15) is 27.8 Å². The first kappa shape index (κ1) is 25.6. The Morgan fingerprint density at radius 1 is 1.11 bits per heavy atom. The Balaban J connectivity index is 1.31. The van der Waals surface area contributed by atoms with Gasteiger partial charge < -0.3 is 15.0 Å². The number of aryl methyl sites for hydroxylation is 1. The molecule has 0 saturated heterocycles. The molecule has 9 heteroatoms. The van der Waals surface area contributed by atoms with Crippen LogP contribution in [-0.2, 0) is 24.4 Å². The summed E-state index contributed by atoms with van der Waals surface area (Å²) in [7, 11) is 0. The molecule has 0 spiro atoms. The van der Waals surface area contributed by atoms with Crippen LogP contribution in [0.2, 0.25) is 0 Å². The number of carbonyl (C=O) groups excluding carboxylic acids is 1. The molecule has 1 heterocycles. The van der Waals surface area contributed by atoms with Crippen LogP contribution in [0.5, 0.6) is 5.75 Å². The van der Waals surface area contributed by atoms with Gasteiger partial charge in [-0.25, -0.2) is 5.48 Å². The van der Waals surface area contributed by atoms with E-state index in [1.165, 1.54) is 11.6 Å². The van der Waals surface area contributed by atoms with Gasteiger partial charge >= 0.3 is 0 Å². The second kappa shape index (κ2) is 12.0. The normalized spacial score (nSPS) is 11.2. The van der Waals surface area contributed by atoms with Gasteiger partial charge in [-0.15, -0.1) is 0 Å². The number of carbonyl (C=O) groups is 1. The third kappa shape index (κ3) is 6.81. The number of benzene rings is 3. The molecule has 0 unspecified atom stereocenters. The quantitative estimate of drug-likeness (QED) is 0.0769. The molecule has 9 nitrogen and oxygen atoms in total. The van der Waals surface area contributed by atoms with E-state index in [0.717, 1.165) is 40.6 Å². The van der Waals surface area contributed by atoms with Crippen LogP contribution in [-0.4, -0.2) is 27.6 Å². The van der Waals surface area contributed by atoms with E-state index in [1.54, 1.807) is 30.6 Å². The number of nitro groups is 1. The van der Waals surface area contributed by atoms with E-state index >= 15 is 0 Å². The second-order valence-corrected chi connectivity index (χ2v) is 8.67. The van der Waals surface area contributed by atoms with Crippen molar-refractivity contribution >= 4 is 28.6 Å². The monoisotopic (exact) mass is 500 g/mol. The molecule has 3 aromatic carbocycles. The minimum atomic E-state index is -0.570. The van der Waals surface area contributed by atoms with Crippen molar-refractivity contribution in [1.29, 1.82) is 0 Å². The average Bonchev–Trinajstić information content (AvgIpc) is 3.31. The molecule has 4 N–H and O–H groups in total. The highest BCUT2D eigenvalue weighted by Gasteiger charge is 2.12. The minimum absolute atomic E-state index is 0.0943. The SMILES string of the molecule is Cc1ccc(COc2ccc3[nH]cc(CCNCc4ccc(/C=C/C(=O)NO)cc4)c3c2)cc1[N+](=O)[O-]. The molecule has 0 saturated carbocycles. The lowest BCUT2D eigenvalue weighted by Gasteiger charge is -2.08.